The minimum atomic E-state index is -1.66. The van der Waals surface area contributed by atoms with Crippen LogP contribution in [0.3, 0.4) is 0 Å². The average molecular weight is 791 g/mol. The molecule has 25 heteroatoms. The van der Waals surface area contributed by atoms with Crippen molar-refractivity contribution in [2.24, 2.45) is 27.9 Å². The normalized spacial score (nSPS) is 16.9. The highest BCUT2D eigenvalue weighted by molar-refractivity contribution is 7.80. The van der Waals surface area contributed by atoms with Crippen LogP contribution < -0.4 is 54.8 Å². The number of guanidine groups is 1. The molecule has 0 aromatic rings. The van der Waals surface area contributed by atoms with E-state index in [2.05, 4.69) is 49.5 Å². The smallest absolute Gasteiger partial charge is 0.305 e. The van der Waals surface area contributed by atoms with Crippen LogP contribution in [0.15, 0.2) is 4.99 Å². The zero-order valence-corrected chi connectivity index (χ0v) is 30.4. The monoisotopic (exact) mass is 790 g/mol. The Labute approximate surface area is 314 Å². The van der Waals surface area contributed by atoms with E-state index in [-0.39, 0.29) is 37.6 Å². The van der Waals surface area contributed by atoms with Gasteiger partial charge in [0.15, 0.2) is 5.96 Å². The van der Waals surface area contributed by atoms with Gasteiger partial charge in [0.05, 0.1) is 38.3 Å². The molecule has 1 heterocycles. The second kappa shape index (κ2) is 23.4. The van der Waals surface area contributed by atoms with E-state index in [0.717, 1.165) is 4.90 Å². The number of amides is 8. The molecule has 0 aromatic carbocycles. The maximum atomic E-state index is 13.1. The second-order valence-corrected chi connectivity index (χ2v) is 12.4. The highest BCUT2D eigenvalue weighted by Crippen LogP contribution is 2.17. The van der Waals surface area contributed by atoms with Crippen LogP contribution in [0.4, 0.5) is 0 Å². The van der Waals surface area contributed by atoms with Crippen molar-refractivity contribution in [3.63, 3.8) is 0 Å². The number of aliphatic hydroxyl groups is 2. The lowest BCUT2D eigenvalue weighted by molar-refractivity contribution is -0.142. The first-order chi connectivity index (χ1) is 25.3. The summed E-state index contributed by atoms with van der Waals surface area (Å²) in [6, 6.07) is -8.29. The lowest BCUT2D eigenvalue weighted by Crippen LogP contribution is -2.60. The van der Waals surface area contributed by atoms with E-state index >= 15 is 0 Å². The number of carbonyl (C=O) groups excluding carboxylic acids is 8. The highest BCUT2D eigenvalue weighted by Gasteiger charge is 2.37. The number of carboxylic acid groups (broad SMARTS) is 1. The van der Waals surface area contributed by atoms with Gasteiger partial charge in [-0.15, -0.1) is 0 Å². The number of aliphatic carboxylic acids is 1. The molecule has 0 aromatic heterocycles. The molecule has 1 aliphatic rings. The third-order valence-electron chi connectivity index (χ3n) is 7.77. The SMILES string of the molecule is C[C@@H](O)[C@H](NC(=O)[C@H](CS)NC(=O)[C@H](CO)NC(=O)[C@@H]1CCCN1C(=O)CNC(=O)[C@H](CC(=O)O)NC(=O)CNC(=O)[C@@H](N)CCCN=C(N)N)C(N)=O. The topological polar surface area (TPSA) is 406 Å². The highest BCUT2D eigenvalue weighted by atomic mass is 32.1. The number of nitrogens with one attached hydrogen (secondary N) is 6. The molecule has 1 aliphatic heterocycles. The van der Waals surface area contributed by atoms with Crippen molar-refractivity contribution in [3.05, 3.63) is 0 Å². The largest absolute Gasteiger partial charge is 0.481 e. The second-order valence-electron chi connectivity index (χ2n) is 12.1. The third-order valence-corrected chi connectivity index (χ3v) is 8.13. The van der Waals surface area contributed by atoms with Gasteiger partial charge in [-0.05, 0) is 32.6 Å². The molecule has 0 unspecified atom stereocenters. The fraction of sp³-hybridized carbons (Fsp3) is 0.655. The van der Waals surface area contributed by atoms with E-state index in [1.807, 2.05) is 0 Å². The fourth-order valence-corrected chi connectivity index (χ4v) is 5.17. The van der Waals surface area contributed by atoms with Crippen LogP contribution >= 0.6 is 12.6 Å². The number of likely N-dealkylation sites (tertiary alicyclic amines) is 1. The molecule has 0 radical (unpaired) electrons. The standard InChI is InChI=1S/C29H50N12O12S/c1-13(43)22(23(31)48)40-27(52)17(12-54)39-26(51)16(11-42)38-28(53)18-5-3-7-41(18)20(45)10-36-25(50)15(8-21(46)47)37-19(44)9-35-24(49)14(30)4-2-6-34-29(32)33/h13-18,22,42-43,54H,2-12,30H2,1H3,(H2,31,48)(H,35,49)(H,36,50)(H,37,44)(H,38,53)(H,39,51)(H,40,52)(H,46,47)(H4,32,33,34)/t13-,14+,15+,16+,17+,18+,22+/m1/s1. The van der Waals surface area contributed by atoms with Gasteiger partial charge in [-0.1, -0.05) is 0 Å². The van der Waals surface area contributed by atoms with Crippen LogP contribution in [0.1, 0.15) is 39.0 Å². The van der Waals surface area contributed by atoms with Crippen LogP contribution in [0.5, 0.6) is 0 Å². The Bertz CT molecular complexity index is 1410. The molecule has 1 rings (SSSR count). The number of primary amides is 1. The lowest BCUT2D eigenvalue weighted by atomic mass is 10.1. The molecule has 1 saturated heterocycles. The van der Waals surface area contributed by atoms with Gasteiger partial charge < -0.3 is 75.1 Å². The summed E-state index contributed by atoms with van der Waals surface area (Å²) in [6.45, 7) is -0.818. The molecule has 24 nitrogen and oxygen atoms in total. The molecule has 304 valence electrons. The predicted molar refractivity (Wildman–Crippen MR) is 190 cm³/mol. The van der Waals surface area contributed by atoms with Gasteiger partial charge in [0.25, 0.3) is 0 Å². The minimum Gasteiger partial charge on any atom is -0.481 e. The number of aliphatic hydroxyl groups excluding tert-OH is 2. The van der Waals surface area contributed by atoms with Gasteiger partial charge in [0.1, 0.15) is 30.2 Å². The number of carboxylic acids is 1. The summed E-state index contributed by atoms with van der Waals surface area (Å²) in [5.74, 6) is -9.22. The van der Waals surface area contributed by atoms with Crippen molar-refractivity contribution in [1.82, 2.24) is 36.8 Å². The first-order valence-electron chi connectivity index (χ1n) is 16.6. The summed E-state index contributed by atoms with van der Waals surface area (Å²) in [5, 5.41) is 42.1. The van der Waals surface area contributed by atoms with E-state index in [1.165, 1.54) is 6.92 Å². The molecule has 1 fully saturated rings. The zero-order valence-electron chi connectivity index (χ0n) is 29.5. The molecular weight excluding hydrogens is 740 g/mol. The Hall–Kier alpha value is -5.27. The van der Waals surface area contributed by atoms with Gasteiger partial charge in [-0.25, -0.2) is 0 Å². The van der Waals surface area contributed by atoms with Crippen molar-refractivity contribution in [1.29, 1.82) is 0 Å². The van der Waals surface area contributed by atoms with E-state index in [4.69, 9.17) is 22.9 Å². The molecule has 54 heavy (non-hydrogen) atoms. The summed E-state index contributed by atoms with van der Waals surface area (Å²) in [5.41, 5.74) is 21.4. The molecule has 0 saturated carbocycles. The fourth-order valence-electron chi connectivity index (χ4n) is 4.92. The molecular formula is C29H50N12O12S. The average Bonchev–Trinajstić information content (AvgIpc) is 3.60. The van der Waals surface area contributed by atoms with Crippen molar-refractivity contribution < 1.29 is 58.5 Å². The maximum Gasteiger partial charge on any atom is 0.305 e. The minimum absolute atomic E-state index is 0.0560. The van der Waals surface area contributed by atoms with E-state index in [1.54, 1.807) is 0 Å². The predicted octanol–water partition coefficient (Wildman–Crippen LogP) is -8.21. The Kier molecular flexibility index (Phi) is 20.3. The van der Waals surface area contributed by atoms with Crippen molar-refractivity contribution in [3.8, 4) is 0 Å². The molecule has 0 aliphatic carbocycles. The first kappa shape index (κ1) is 46.8. The number of hydrogen-bond donors (Lipinski definition) is 14. The van der Waals surface area contributed by atoms with Gasteiger partial charge in [0.2, 0.25) is 47.3 Å². The Morgan fingerprint density at radius 3 is 2.06 bits per heavy atom. The Morgan fingerprint density at radius 1 is 0.870 bits per heavy atom. The Balaban J connectivity index is 2.78. The quantitative estimate of drug-likeness (QED) is 0.0198. The molecule has 0 spiro atoms. The summed E-state index contributed by atoms with van der Waals surface area (Å²) in [4.78, 5) is 117. The van der Waals surface area contributed by atoms with Gasteiger partial charge in [-0.3, -0.25) is 48.1 Å². The van der Waals surface area contributed by atoms with Gasteiger partial charge in [-0.2, -0.15) is 12.6 Å². The number of carbonyl (C=O) groups is 9. The number of nitrogens with two attached hydrogens (primary N) is 4. The van der Waals surface area contributed by atoms with E-state index < -0.39 is 122 Å². The number of aliphatic imine (C=N–C) groups is 1. The van der Waals surface area contributed by atoms with E-state index in [9.17, 15) is 58.5 Å². The van der Waals surface area contributed by atoms with Gasteiger partial charge in [0, 0.05) is 18.8 Å². The number of thiol groups is 1. The third kappa shape index (κ3) is 16.2. The zero-order chi connectivity index (χ0) is 41.1. The molecule has 17 N–H and O–H groups in total. The van der Waals surface area contributed by atoms with Crippen LogP contribution in [0.25, 0.3) is 0 Å². The van der Waals surface area contributed by atoms with Crippen molar-refractivity contribution in [2.75, 3.05) is 38.5 Å². The molecule has 7 atom stereocenters. The maximum absolute atomic E-state index is 13.1. The Morgan fingerprint density at radius 2 is 1.50 bits per heavy atom. The van der Waals surface area contributed by atoms with Crippen LogP contribution in [-0.4, -0.2) is 160 Å². The first-order valence-corrected chi connectivity index (χ1v) is 17.2. The van der Waals surface area contributed by atoms with Crippen LogP contribution in [0.2, 0.25) is 0 Å². The summed E-state index contributed by atoms with van der Waals surface area (Å²) < 4.78 is 0. The van der Waals surface area contributed by atoms with Crippen molar-refractivity contribution >= 4 is 71.8 Å². The number of hydrogen-bond acceptors (Lipinski definition) is 14. The van der Waals surface area contributed by atoms with E-state index in [0.29, 0.717) is 12.8 Å². The molecule has 0 bridgehead atoms. The van der Waals surface area contributed by atoms with Crippen LogP contribution in [-0.2, 0) is 43.2 Å². The summed E-state index contributed by atoms with van der Waals surface area (Å²) in [7, 11) is 0. The number of nitrogens with zero attached hydrogens (tertiary/aromatic N) is 2. The summed E-state index contributed by atoms with van der Waals surface area (Å²) in [6.07, 6.45) is -1.22. The molecule has 8 amide bonds. The van der Waals surface area contributed by atoms with Gasteiger partial charge >= 0.3 is 5.97 Å². The lowest BCUT2D eigenvalue weighted by Gasteiger charge is -2.27. The number of rotatable bonds is 23. The summed E-state index contributed by atoms with van der Waals surface area (Å²) >= 11 is 3.99. The van der Waals surface area contributed by atoms with Crippen LogP contribution in [0, 0.1) is 0 Å². The van der Waals surface area contributed by atoms with Crippen molar-refractivity contribution in [2.45, 2.75) is 81.4 Å².